The molecule has 1 fully saturated rings. The molecule has 1 saturated carbocycles. The number of hydrogen-bond donors (Lipinski definition) is 1. The average Bonchev–Trinajstić information content (AvgIpc) is 3.18. The largest absolute Gasteiger partial charge is 0.468 e. The number of carbonyl (C=O) groups is 2. The van der Waals surface area contributed by atoms with Gasteiger partial charge in [-0.15, -0.1) is 0 Å². The lowest BCUT2D eigenvalue weighted by Gasteiger charge is -2.12. The minimum absolute atomic E-state index is 0.276. The zero-order valence-electron chi connectivity index (χ0n) is 10.0. The SMILES string of the molecule is COC(=O)C1(C(=O)NCc2ccc(F)cc2)CC1. The third-order valence-electron chi connectivity index (χ3n) is 3.13. The highest BCUT2D eigenvalue weighted by Crippen LogP contribution is 2.46. The van der Waals surface area contributed by atoms with Crippen LogP contribution in [0.4, 0.5) is 4.39 Å². The van der Waals surface area contributed by atoms with Crippen LogP contribution in [-0.2, 0) is 20.9 Å². The highest BCUT2D eigenvalue weighted by atomic mass is 19.1. The molecule has 1 aromatic rings. The van der Waals surface area contributed by atoms with E-state index in [1.807, 2.05) is 0 Å². The van der Waals surface area contributed by atoms with Crippen LogP contribution in [0.3, 0.4) is 0 Å². The standard InChI is InChI=1S/C13H14FNO3/c1-18-12(17)13(6-7-13)11(16)15-8-9-2-4-10(14)5-3-9/h2-5H,6-8H2,1H3,(H,15,16). The van der Waals surface area contributed by atoms with Crippen molar-refractivity contribution in [3.05, 3.63) is 35.6 Å². The lowest BCUT2D eigenvalue weighted by Crippen LogP contribution is -2.37. The minimum atomic E-state index is -0.991. The van der Waals surface area contributed by atoms with Gasteiger partial charge in [-0.1, -0.05) is 12.1 Å². The first-order valence-electron chi connectivity index (χ1n) is 5.70. The molecule has 1 aromatic carbocycles. The molecule has 96 valence electrons. The minimum Gasteiger partial charge on any atom is -0.468 e. The molecule has 2 rings (SSSR count). The zero-order chi connectivity index (χ0) is 13.2. The van der Waals surface area contributed by atoms with Gasteiger partial charge >= 0.3 is 5.97 Å². The van der Waals surface area contributed by atoms with E-state index in [1.54, 1.807) is 12.1 Å². The third-order valence-corrected chi connectivity index (χ3v) is 3.13. The van der Waals surface area contributed by atoms with Gasteiger partial charge in [-0.2, -0.15) is 0 Å². The van der Waals surface area contributed by atoms with Crippen molar-refractivity contribution in [3.8, 4) is 0 Å². The van der Waals surface area contributed by atoms with Crippen molar-refractivity contribution in [1.82, 2.24) is 5.32 Å². The quantitative estimate of drug-likeness (QED) is 0.650. The van der Waals surface area contributed by atoms with E-state index in [9.17, 15) is 14.0 Å². The number of methoxy groups -OCH3 is 1. The second-order valence-corrected chi connectivity index (χ2v) is 4.38. The van der Waals surface area contributed by atoms with E-state index in [2.05, 4.69) is 10.1 Å². The highest BCUT2D eigenvalue weighted by molar-refractivity contribution is 6.05. The van der Waals surface area contributed by atoms with Gasteiger partial charge in [-0.3, -0.25) is 9.59 Å². The Kier molecular flexibility index (Phi) is 3.32. The topological polar surface area (TPSA) is 55.4 Å². The van der Waals surface area contributed by atoms with Crippen molar-refractivity contribution in [3.63, 3.8) is 0 Å². The maximum Gasteiger partial charge on any atom is 0.321 e. The molecule has 1 aliphatic rings. The molecular formula is C13H14FNO3. The van der Waals surface area contributed by atoms with Gasteiger partial charge in [-0.05, 0) is 30.5 Å². The number of rotatable bonds is 4. The van der Waals surface area contributed by atoms with E-state index in [1.165, 1.54) is 19.2 Å². The van der Waals surface area contributed by atoms with E-state index < -0.39 is 11.4 Å². The van der Waals surface area contributed by atoms with Crippen LogP contribution in [0, 0.1) is 11.2 Å². The summed E-state index contributed by atoms with van der Waals surface area (Å²) in [6.45, 7) is 0.276. The summed E-state index contributed by atoms with van der Waals surface area (Å²) in [4.78, 5) is 23.3. The fraction of sp³-hybridized carbons (Fsp3) is 0.385. The highest BCUT2D eigenvalue weighted by Gasteiger charge is 2.57. The Labute approximate surface area is 104 Å². The van der Waals surface area contributed by atoms with E-state index in [4.69, 9.17) is 0 Å². The van der Waals surface area contributed by atoms with Crippen LogP contribution < -0.4 is 5.32 Å². The summed E-state index contributed by atoms with van der Waals surface area (Å²) >= 11 is 0. The number of amides is 1. The molecule has 0 bridgehead atoms. The Bertz CT molecular complexity index is 466. The third kappa shape index (κ3) is 2.34. The molecule has 18 heavy (non-hydrogen) atoms. The predicted octanol–water partition coefficient (Wildman–Crippen LogP) is 1.40. The monoisotopic (exact) mass is 251 g/mol. The first-order chi connectivity index (χ1) is 8.58. The van der Waals surface area contributed by atoms with Gasteiger partial charge in [-0.25, -0.2) is 4.39 Å². The lowest BCUT2D eigenvalue weighted by molar-refractivity contribution is -0.152. The van der Waals surface area contributed by atoms with Gasteiger partial charge in [0.2, 0.25) is 5.91 Å². The van der Waals surface area contributed by atoms with Crippen molar-refractivity contribution < 1.29 is 18.7 Å². The molecule has 4 nitrogen and oxygen atoms in total. The van der Waals surface area contributed by atoms with Gasteiger partial charge < -0.3 is 10.1 Å². The molecule has 1 aliphatic carbocycles. The molecule has 0 saturated heterocycles. The second kappa shape index (κ2) is 4.76. The maximum absolute atomic E-state index is 12.7. The molecule has 0 aromatic heterocycles. The Hall–Kier alpha value is -1.91. The normalized spacial score (nSPS) is 15.9. The summed E-state index contributed by atoms with van der Waals surface area (Å²) in [5, 5.41) is 2.67. The van der Waals surface area contributed by atoms with Crippen LogP contribution in [0.25, 0.3) is 0 Å². The molecular weight excluding hydrogens is 237 g/mol. The smallest absolute Gasteiger partial charge is 0.321 e. The molecule has 0 radical (unpaired) electrons. The maximum atomic E-state index is 12.7. The van der Waals surface area contributed by atoms with Gasteiger partial charge in [0.25, 0.3) is 0 Å². The van der Waals surface area contributed by atoms with Crippen LogP contribution in [-0.4, -0.2) is 19.0 Å². The number of halogens is 1. The second-order valence-electron chi connectivity index (χ2n) is 4.38. The molecule has 1 amide bonds. The Morgan fingerprint density at radius 2 is 1.94 bits per heavy atom. The van der Waals surface area contributed by atoms with Crippen LogP contribution in [0.1, 0.15) is 18.4 Å². The van der Waals surface area contributed by atoms with Crippen molar-refractivity contribution in [2.75, 3.05) is 7.11 Å². The molecule has 1 N–H and O–H groups in total. The average molecular weight is 251 g/mol. The fourth-order valence-electron chi connectivity index (χ4n) is 1.80. The zero-order valence-corrected chi connectivity index (χ0v) is 10.0. The lowest BCUT2D eigenvalue weighted by atomic mass is 10.1. The summed E-state index contributed by atoms with van der Waals surface area (Å²) in [5.41, 5.74) is -0.208. The number of benzene rings is 1. The van der Waals surface area contributed by atoms with Gasteiger partial charge in [0, 0.05) is 6.54 Å². The fourth-order valence-corrected chi connectivity index (χ4v) is 1.80. The first kappa shape index (κ1) is 12.5. The van der Waals surface area contributed by atoms with Gasteiger partial charge in [0.15, 0.2) is 0 Å². The summed E-state index contributed by atoms with van der Waals surface area (Å²) in [7, 11) is 1.27. The number of esters is 1. The predicted molar refractivity (Wildman–Crippen MR) is 61.9 cm³/mol. The molecule has 0 aliphatic heterocycles. The Balaban J connectivity index is 1.93. The summed E-state index contributed by atoms with van der Waals surface area (Å²) in [6.07, 6.45) is 1.05. The van der Waals surface area contributed by atoms with Gasteiger partial charge in [0.05, 0.1) is 7.11 Å². The van der Waals surface area contributed by atoms with Crippen molar-refractivity contribution in [1.29, 1.82) is 0 Å². The molecule has 0 unspecified atom stereocenters. The molecule has 0 heterocycles. The van der Waals surface area contributed by atoms with E-state index in [-0.39, 0.29) is 18.3 Å². The summed E-state index contributed by atoms with van der Waals surface area (Å²) in [5.74, 6) is -1.13. The van der Waals surface area contributed by atoms with Crippen LogP contribution in [0.2, 0.25) is 0 Å². The molecule has 5 heteroatoms. The van der Waals surface area contributed by atoms with E-state index in [0.717, 1.165) is 5.56 Å². The summed E-state index contributed by atoms with van der Waals surface area (Å²) in [6, 6.07) is 5.84. The number of hydrogen-bond acceptors (Lipinski definition) is 3. The van der Waals surface area contributed by atoms with Crippen molar-refractivity contribution >= 4 is 11.9 Å². The number of ether oxygens (including phenoxy) is 1. The number of nitrogens with one attached hydrogen (secondary N) is 1. The van der Waals surface area contributed by atoms with Crippen molar-refractivity contribution in [2.24, 2.45) is 5.41 Å². The van der Waals surface area contributed by atoms with E-state index >= 15 is 0 Å². The molecule has 0 spiro atoms. The van der Waals surface area contributed by atoms with Crippen molar-refractivity contribution in [2.45, 2.75) is 19.4 Å². The Morgan fingerprint density at radius 3 is 2.44 bits per heavy atom. The van der Waals surface area contributed by atoms with Crippen LogP contribution in [0.5, 0.6) is 0 Å². The van der Waals surface area contributed by atoms with E-state index in [0.29, 0.717) is 12.8 Å². The Morgan fingerprint density at radius 1 is 1.33 bits per heavy atom. The molecule has 0 atom stereocenters. The van der Waals surface area contributed by atoms with Crippen LogP contribution >= 0.6 is 0 Å². The summed E-state index contributed by atoms with van der Waals surface area (Å²) < 4.78 is 17.3. The number of carbonyl (C=O) groups excluding carboxylic acids is 2. The first-order valence-corrected chi connectivity index (χ1v) is 5.70. The van der Waals surface area contributed by atoms with Crippen LogP contribution in [0.15, 0.2) is 24.3 Å². The van der Waals surface area contributed by atoms with Gasteiger partial charge in [0.1, 0.15) is 11.2 Å².